The van der Waals surface area contributed by atoms with Crippen LogP contribution in [0.1, 0.15) is 108 Å². The molecule has 7 nitrogen and oxygen atoms in total. The molecule has 48 heavy (non-hydrogen) atoms. The maximum Gasteiger partial charge on any atom is 0.407 e. The second-order valence-electron chi connectivity index (χ2n) is 15.8. The van der Waals surface area contributed by atoms with Crippen LogP contribution in [0.25, 0.3) is 0 Å². The fourth-order valence-electron chi connectivity index (χ4n) is 6.28. The Labute approximate surface area is 292 Å². The number of nitrogens with one attached hydrogen (secondary N) is 2. The lowest BCUT2D eigenvalue weighted by Crippen LogP contribution is -2.66. The average Bonchev–Trinajstić information content (AvgIpc) is 3.00. The van der Waals surface area contributed by atoms with Gasteiger partial charge in [-0.2, -0.15) is 0 Å². The van der Waals surface area contributed by atoms with Gasteiger partial charge < -0.3 is 24.9 Å². The molecule has 0 aromatic heterocycles. The molecule has 2 aromatic carbocycles. The van der Waals surface area contributed by atoms with Crippen molar-refractivity contribution in [1.29, 1.82) is 0 Å². The Hall–Kier alpha value is -2.94. The second kappa shape index (κ2) is 18.7. The van der Waals surface area contributed by atoms with E-state index >= 15 is 0 Å². The van der Waals surface area contributed by atoms with Crippen molar-refractivity contribution < 1.29 is 23.9 Å². The third kappa shape index (κ3) is 12.8. The fourth-order valence-corrected chi connectivity index (χ4v) is 10.8. The van der Waals surface area contributed by atoms with Crippen molar-refractivity contribution in [2.45, 2.75) is 131 Å². The van der Waals surface area contributed by atoms with Gasteiger partial charge in [0.2, 0.25) is 5.91 Å². The third-order valence-corrected chi connectivity index (χ3v) is 13.9. The Morgan fingerprint density at radius 3 is 1.96 bits per heavy atom. The minimum absolute atomic E-state index is 0.0745. The lowest BCUT2D eigenvalue weighted by molar-refractivity contribution is -0.126. The number of hydrogen-bond acceptors (Lipinski definition) is 5. The van der Waals surface area contributed by atoms with Crippen LogP contribution in [0.3, 0.4) is 0 Å². The molecule has 2 aromatic rings. The first-order valence-electron chi connectivity index (χ1n) is 17.8. The van der Waals surface area contributed by atoms with Crippen LogP contribution >= 0.6 is 0 Å². The molecular weight excluding hydrogens is 617 g/mol. The van der Waals surface area contributed by atoms with Crippen LogP contribution in [0.15, 0.2) is 72.8 Å². The minimum atomic E-state index is -2.72. The summed E-state index contributed by atoms with van der Waals surface area (Å²) in [7, 11) is -2.72. The quantitative estimate of drug-likeness (QED) is 0.0861. The number of carbonyl (C=O) groups is 2. The smallest absolute Gasteiger partial charge is 0.407 e. The van der Waals surface area contributed by atoms with Gasteiger partial charge in [0.25, 0.3) is 8.32 Å². The Morgan fingerprint density at radius 1 is 0.917 bits per heavy atom. The van der Waals surface area contributed by atoms with Gasteiger partial charge in [0.1, 0.15) is 5.60 Å². The number of aliphatic hydroxyl groups is 1. The second-order valence-corrected chi connectivity index (χ2v) is 20.1. The Morgan fingerprint density at radius 2 is 1.48 bits per heavy atom. The molecule has 2 rings (SSSR count). The van der Waals surface area contributed by atoms with E-state index in [0.29, 0.717) is 32.4 Å². The molecular formula is C40H64N2O5Si. The van der Waals surface area contributed by atoms with E-state index in [2.05, 4.69) is 101 Å². The van der Waals surface area contributed by atoms with E-state index in [4.69, 9.17) is 9.16 Å². The standard InChI is InChI=1S/C40H64N2O5Si/c1-11-13-21-31(36(44)41-27-14-12-2)29-35(43)34(42-37(45)47-38(3,4)5)30-40(9,10)26-28-46-48(39(6,7)8,32-22-17-15-18-23-32)33-24-19-16-20-25-33/h11,13,15-20,22-25,31,34-35,43H,12,14,21,26-30H2,1-10H3,(H,41,44)(H,42,45)/t31-,34+,35+/m1/s1. The van der Waals surface area contributed by atoms with Crippen LogP contribution in [0.2, 0.25) is 5.04 Å². The summed E-state index contributed by atoms with van der Waals surface area (Å²) in [5.74, 6) is -0.493. The Bertz CT molecular complexity index is 1230. The molecule has 0 radical (unpaired) electrons. The molecule has 0 unspecified atom stereocenters. The molecule has 0 saturated heterocycles. The van der Waals surface area contributed by atoms with Crippen LogP contribution in [-0.2, 0) is 14.0 Å². The first-order chi connectivity index (χ1) is 22.5. The van der Waals surface area contributed by atoms with Gasteiger partial charge in [-0.15, -0.1) is 0 Å². The monoisotopic (exact) mass is 680 g/mol. The summed E-state index contributed by atoms with van der Waals surface area (Å²) in [6.07, 6.45) is 6.14. The number of ether oxygens (including phenoxy) is 1. The van der Waals surface area contributed by atoms with Crippen LogP contribution in [0.4, 0.5) is 4.79 Å². The Balaban J connectivity index is 2.34. The number of unbranched alkanes of at least 4 members (excludes halogenated alkanes) is 1. The predicted molar refractivity (Wildman–Crippen MR) is 201 cm³/mol. The lowest BCUT2D eigenvalue weighted by Gasteiger charge is -2.44. The van der Waals surface area contributed by atoms with E-state index < -0.39 is 38.1 Å². The molecule has 0 aliphatic carbocycles. The first kappa shape index (κ1) is 41.2. The van der Waals surface area contributed by atoms with Crippen LogP contribution in [0.5, 0.6) is 0 Å². The molecule has 0 aliphatic heterocycles. The highest BCUT2D eigenvalue weighted by atomic mass is 28.4. The predicted octanol–water partition coefficient (Wildman–Crippen LogP) is 7.51. The number of allylic oxidation sites excluding steroid dienone is 2. The van der Waals surface area contributed by atoms with E-state index in [1.807, 2.05) is 52.0 Å². The molecule has 3 N–H and O–H groups in total. The fraction of sp³-hybridized carbons (Fsp3) is 0.600. The summed E-state index contributed by atoms with van der Waals surface area (Å²) >= 11 is 0. The highest BCUT2D eigenvalue weighted by Gasteiger charge is 2.50. The van der Waals surface area contributed by atoms with Crippen molar-refractivity contribution in [2.24, 2.45) is 11.3 Å². The van der Waals surface area contributed by atoms with Gasteiger partial charge in [-0.1, -0.05) is 121 Å². The largest absolute Gasteiger partial charge is 0.444 e. The molecule has 3 atom stereocenters. The van der Waals surface area contributed by atoms with Gasteiger partial charge in [0.05, 0.1) is 12.1 Å². The van der Waals surface area contributed by atoms with Crippen molar-refractivity contribution >= 4 is 30.7 Å². The summed E-state index contributed by atoms with van der Waals surface area (Å²) in [6.45, 7) is 21.7. The summed E-state index contributed by atoms with van der Waals surface area (Å²) in [4.78, 5) is 26.2. The molecule has 0 heterocycles. The van der Waals surface area contributed by atoms with Gasteiger partial charge in [-0.05, 0) is 80.6 Å². The number of hydrogen-bond donors (Lipinski definition) is 3. The Kier molecular flexibility index (Phi) is 16.1. The number of alkyl carbamates (subject to hydrolysis) is 1. The molecule has 2 amide bonds. The highest BCUT2D eigenvalue weighted by molar-refractivity contribution is 6.99. The number of benzene rings is 2. The first-order valence-corrected chi connectivity index (χ1v) is 19.7. The van der Waals surface area contributed by atoms with Crippen molar-refractivity contribution in [3.8, 4) is 0 Å². The van der Waals surface area contributed by atoms with Crippen LogP contribution in [-0.4, -0.2) is 56.3 Å². The van der Waals surface area contributed by atoms with Gasteiger partial charge in [-0.25, -0.2) is 4.79 Å². The summed E-state index contributed by atoms with van der Waals surface area (Å²) in [6, 6.07) is 20.6. The third-order valence-electron chi connectivity index (χ3n) is 8.84. The lowest BCUT2D eigenvalue weighted by atomic mass is 9.80. The summed E-state index contributed by atoms with van der Waals surface area (Å²) in [5, 5.41) is 20.0. The summed E-state index contributed by atoms with van der Waals surface area (Å²) < 4.78 is 12.8. The van der Waals surface area contributed by atoms with Gasteiger partial charge in [-0.3, -0.25) is 4.79 Å². The maximum atomic E-state index is 13.1. The van der Waals surface area contributed by atoms with Crippen molar-refractivity contribution in [1.82, 2.24) is 10.6 Å². The van der Waals surface area contributed by atoms with Crippen molar-refractivity contribution in [2.75, 3.05) is 13.2 Å². The minimum Gasteiger partial charge on any atom is -0.444 e. The molecule has 0 bridgehead atoms. The van der Waals surface area contributed by atoms with E-state index in [9.17, 15) is 14.7 Å². The average molecular weight is 681 g/mol. The van der Waals surface area contributed by atoms with E-state index in [0.717, 1.165) is 12.8 Å². The summed E-state index contributed by atoms with van der Waals surface area (Å²) in [5.41, 5.74) is -1.01. The van der Waals surface area contributed by atoms with Crippen molar-refractivity contribution in [3.05, 3.63) is 72.8 Å². The number of amides is 2. The molecule has 0 spiro atoms. The van der Waals surface area contributed by atoms with Crippen LogP contribution in [0, 0.1) is 11.3 Å². The maximum absolute atomic E-state index is 13.1. The topological polar surface area (TPSA) is 96.9 Å². The zero-order valence-electron chi connectivity index (χ0n) is 31.4. The van der Waals surface area contributed by atoms with Gasteiger partial charge in [0.15, 0.2) is 0 Å². The normalized spacial score (nSPS) is 14.7. The van der Waals surface area contributed by atoms with Gasteiger partial charge in [0, 0.05) is 19.1 Å². The highest BCUT2D eigenvalue weighted by Crippen LogP contribution is 2.38. The molecule has 0 aliphatic rings. The SMILES string of the molecule is CC=CC[C@H](C[C@H](O)[C@H](CC(C)(C)CCO[Si](c1ccccc1)(c1ccccc1)C(C)(C)C)NC(=O)OC(C)(C)C)C(=O)NCCCC. The van der Waals surface area contributed by atoms with Gasteiger partial charge >= 0.3 is 6.09 Å². The van der Waals surface area contributed by atoms with Crippen molar-refractivity contribution in [3.63, 3.8) is 0 Å². The number of carbonyl (C=O) groups excluding carboxylic acids is 2. The molecule has 0 saturated carbocycles. The zero-order chi connectivity index (χ0) is 36.0. The molecule has 268 valence electrons. The molecule has 0 fully saturated rings. The van der Waals surface area contributed by atoms with Crippen LogP contribution < -0.4 is 21.0 Å². The van der Waals surface area contributed by atoms with E-state index in [1.165, 1.54) is 10.4 Å². The number of rotatable bonds is 18. The van der Waals surface area contributed by atoms with E-state index in [-0.39, 0.29) is 22.8 Å². The van der Waals surface area contributed by atoms with E-state index in [1.54, 1.807) is 0 Å². The molecule has 8 heteroatoms. The zero-order valence-corrected chi connectivity index (χ0v) is 32.4. The number of aliphatic hydroxyl groups excluding tert-OH is 1.